The van der Waals surface area contributed by atoms with Gasteiger partial charge in [-0.15, -0.1) is 0 Å². The Balaban J connectivity index is 3.69. The number of carbonyl (C=O) groups excluding carboxylic acids is 1. The van der Waals surface area contributed by atoms with Gasteiger partial charge in [0.2, 0.25) is 0 Å². The Morgan fingerprint density at radius 3 is 2.13 bits per heavy atom. The highest BCUT2D eigenvalue weighted by molar-refractivity contribution is 5.89. The van der Waals surface area contributed by atoms with Crippen molar-refractivity contribution < 1.29 is 24.9 Å². The molecule has 3 N–H and O–H groups in total. The molecule has 0 aromatic rings. The second-order valence-corrected chi connectivity index (χ2v) is 6.04. The Morgan fingerprint density at radius 2 is 1.52 bits per heavy atom. The van der Waals surface area contributed by atoms with Crippen LogP contribution in [0.3, 0.4) is 0 Å². The lowest BCUT2D eigenvalue weighted by atomic mass is 10.0. The van der Waals surface area contributed by atoms with Gasteiger partial charge in [0, 0.05) is 12.8 Å². The van der Waals surface area contributed by atoms with Crippen LogP contribution in [-0.2, 0) is 9.59 Å². The summed E-state index contributed by atoms with van der Waals surface area (Å²) in [5.41, 5.74) is 0. The largest absolute Gasteiger partial charge is 0.481 e. The molecule has 0 spiro atoms. The number of aliphatic hydroxyl groups excluding tert-OH is 2. The van der Waals surface area contributed by atoms with Crippen LogP contribution >= 0.6 is 0 Å². The quantitative estimate of drug-likeness (QED) is 0.317. The fraction of sp³-hybridized carbons (Fsp3) is 0.778. The van der Waals surface area contributed by atoms with Crippen LogP contribution in [0.1, 0.15) is 77.6 Å². The number of carbonyl (C=O) groups is 2. The van der Waals surface area contributed by atoms with E-state index in [-0.39, 0.29) is 12.2 Å². The predicted molar refractivity (Wildman–Crippen MR) is 90.3 cm³/mol. The van der Waals surface area contributed by atoms with Gasteiger partial charge in [0.25, 0.3) is 0 Å². The molecule has 5 nitrogen and oxygen atoms in total. The van der Waals surface area contributed by atoms with Gasteiger partial charge in [-0.25, -0.2) is 0 Å². The monoisotopic (exact) mass is 328 g/mol. The van der Waals surface area contributed by atoms with E-state index in [1.165, 1.54) is 12.2 Å². The zero-order chi connectivity index (χ0) is 17.5. The molecule has 5 heteroatoms. The standard InChI is InChI=1S/C18H32O5/c1-2-3-7-11-16(20)17(21)14-13-15(19)10-8-5-4-6-9-12-18(22)23/h13-14,16-17,20-21H,2-12H2,1H3,(H,22,23). The minimum atomic E-state index is -0.980. The Kier molecular flexibility index (Phi) is 13.6. The first-order valence-corrected chi connectivity index (χ1v) is 8.76. The molecule has 0 saturated heterocycles. The maximum atomic E-state index is 11.7. The molecule has 0 aliphatic carbocycles. The molecular weight excluding hydrogens is 296 g/mol. The molecule has 0 bridgehead atoms. The Morgan fingerprint density at radius 1 is 0.913 bits per heavy atom. The van der Waals surface area contributed by atoms with Crippen LogP contribution in [-0.4, -0.2) is 39.3 Å². The number of aliphatic hydroxyl groups is 2. The van der Waals surface area contributed by atoms with Gasteiger partial charge in [0.05, 0.1) is 12.2 Å². The van der Waals surface area contributed by atoms with E-state index in [4.69, 9.17) is 5.11 Å². The Bertz CT molecular complexity index is 351. The van der Waals surface area contributed by atoms with E-state index in [2.05, 4.69) is 6.92 Å². The molecule has 2 atom stereocenters. The van der Waals surface area contributed by atoms with E-state index in [1.54, 1.807) is 0 Å². The van der Waals surface area contributed by atoms with E-state index in [0.29, 0.717) is 19.3 Å². The lowest BCUT2D eigenvalue weighted by molar-refractivity contribution is -0.137. The normalized spacial score (nSPS) is 14.0. The van der Waals surface area contributed by atoms with Gasteiger partial charge in [-0.2, -0.15) is 0 Å². The Labute approximate surface area is 139 Å². The zero-order valence-corrected chi connectivity index (χ0v) is 14.2. The third-order valence-electron chi connectivity index (χ3n) is 3.79. The van der Waals surface area contributed by atoms with Crippen molar-refractivity contribution in [3.05, 3.63) is 12.2 Å². The van der Waals surface area contributed by atoms with Gasteiger partial charge >= 0.3 is 5.97 Å². The lowest BCUT2D eigenvalue weighted by Crippen LogP contribution is -2.23. The summed E-state index contributed by atoms with van der Waals surface area (Å²) in [5, 5.41) is 28.0. The van der Waals surface area contributed by atoms with Crippen molar-refractivity contribution in [3.8, 4) is 0 Å². The van der Waals surface area contributed by atoms with Gasteiger partial charge in [0.15, 0.2) is 5.78 Å². The molecule has 2 unspecified atom stereocenters. The van der Waals surface area contributed by atoms with Gasteiger partial charge in [-0.1, -0.05) is 51.5 Å². The molecule has 0 aromatic carbocycles. The molecular formula is C18H32O5. The molecule has 0 amide bonds. The van der Waals surface area contributed by atoms with E-state index in [9.17, 15) is 19.8 Å². The predicted octanol–water partition coefficient (Wildman–Crippen LogP) is 3.23. The summed E-state index contributed by atoms with van der Waals surface area (Å²) in [6, 6.07) is 0. The molecule has 0 radical (unpaired) electrons. The summed E-state index contributed by atoms with van der Waals surface area (Å²) in [5.74, 6) is -0.809. The summed E-state index contributed by atoms with van der Waals surface area (Å²) < 4.78 is 0. The lowest BCUT2D eigenvalue weighted by Gasteiger charge is -2.13. The van der Waals surface area contributed by atoms with E-state index >= 15 is 0 Å². The molecule has 0 aliphatic rings. The maximum Gasteiger partial charge on any atom is 0.303 e. The maximum absolute atomic E-state index is 11.7. The van der Waals surface area contributed by atoms with Crippen LogP contribution in [0.4, 0.5) is 0 Å². The van der Waals surface area contributed by atoms with Gasteiger partial charge < -0.3 is 15.3 Å². The highest BCUT2D eigenvalue weighted by Gasteiger charge is 2.12. The van der Waals surface area contributed by atoms with Crippen LogP contribution in [0.2, 0.25) is 0 Å². The number of aliphatic carboxylic acids is 1. The number of ketones is 1. The molecule has 0 aromatic heterocycles. The smallest absolute Gasteiger partial charge is 0.303 e. The summed E-state index contributed by atoms with van der Waals surface area (Å²) >= 11 is 0. The summed E-state index contributed by atoms with van der Waals surface area (Å²) in [4.78, 5) is 22.0. The number of carboxylic acid groups (broad SMARTS) is 1. The molecule has 134 valence electrons. The first-order valence-electron chi connectivity index (χ1n) is 8.76. The van der Waals surface area contributed by atoms with E-state index in [1.807, 2.05) is 0 Å². The molecule has 0 rings (SSSR count). The van der Waals surface area contributed by atoms with Gasteiger partial charge in [0.1, 0.15) is 0 Å². The van der Waals surface area contributed by atoms with Crippen molar-refractivity contribution in [2.45, 2.75) is 89.8 Å². The number of allylic oxidation sites excluding steroid dienone is 1. The molecule has 0 fully saturated rings. The van der Waals surface area contributed by atoms with Crippen LogP contribution in [0.5, 0.6) is 0 Å². The molecule has 0 heterocycles. The van der Waals surface area contributed by atoms with Crippen molar-refractivity contribution in [1.82, 2.24) is 0 Å². The summed E-state index contributed by atoms with van der Waals surface area (Å²) in [7, 11) is 0. The number of hydrogen-bond donors (Lipinski definition) is 3. The number of unbranched alkanes of at least 4 members (excludes halogenated alkanes) is 6. The number of rotatable bonds is 15. The van der Waals surface area contributed by atoms with E-state index < -0.39 is 18.2 Å². The minimum Gasteiger partial charge on any atom is -0.481 e. The minimum absolute atomic E-state index is 0.0460. The first kappa shape index (κ1) is 21.8. The van der Waals surface area contributed by atoms with Crippen molar-refractivity contribution in [3.63, 3.8) is 0 Å². The average molecular weight is 328 g/mol. The van der Waals surface area contributed by atoms with Gasteiger partial charge in [-0.3, -0.25) is 9.59 Å². The SMILES string of the molecule is CCCCCC(O)C(O)C=CC(=O)CCCCCCCC(=O)O. The fourth-order valence-electron chi connectivity index (χ4n) is 2.30. The van der Waals surface area contributed by atoms with Crippen molar-refractivity contribution in [2.75, 3.05) is 0 Å². The number of carboxylic acids is 1. The third-order valence-corrected chi connectivity index (χ3v) is 3.79. The van der Waals surface area contributed by atoms with Crippen LogP contribution < -0.4 is 0 Å². The number of hydrogen-bond acceptors (Lipinski definition) is 4. The second-order valence-electron chi connectivity index (χ2n) is 6.04. The van der Waals surface area contributed by atoms with Crippen LogP contribution in [0.25, 0.3) is 0 Å². The highest BCUT2D eigenvalue weighted by Crippen LogP contribution is 2.10. The summed E-state index contributed by atoms with van der Waals surface area (Å²) in [6.45, 7) is 2.08. The van der Waals surface area contributed by atoms with Crippen molar-refractivity contribution in [1.29, 1.82) is 0 Å². The topological polar surface area (TPSA) is 94.8 Å². The van der Waals surface area contributed by atoms with Crippen LogP contribution in [0, 0.1) is 0 Å². The highest BCUT2D eigenvalue weighted by atomic mass is 16.4. The Hall–Kier alpha value is -1.20. The van der Waals surface area contributed by atoms with Crippen LogP contribution in [0.15, 0.2) is 12.2 Å². The van der Waals surface area contributed by atoms with Crippen molar-refractivity contribution in [2.24, 2.45) is 0 Å². The van der Waals surface area contributed by atoms with E-state index in [0.717, 1.165) is 44.9 Å². The average Bonchev–Trinajstić information content (AvgIpc) is 2.51. The molecule has 23 heavy (non-hydrogen) atoms. The molecule has 0 saturated carbocycles. The fourth-order valence-corrected chi connectivity index (χ4v) is 2.30. The molecule has 0 aliphatic heterocycles. The van der Waals surface area contributed by atoms with Crippen molar-refractivity contribution >= 4 is 11.8 Å². The second kappa shape index (κ2) is 14.4. The first-order chi connectivity index (χ1) is 11.0. The zero-order valence-electron chi connectivity index (χ0n) is 14.2. The third kappa shape index (κ3) is 14.1. The van der Waals surface area contributed by atoms with Gasteiger partial charge in [-0.05, 0) is 25.3 Å². The summed E-state index contributed by atoms with van der Waals surface area (Å²) in [6.07, 6.45) is 9.26.